The molecule has 0 aliphatic rings. The van der Waals surface area contributed by atoms with E-state index in [1.54, 1.807) is 25.1 Å². The van der Waals surface area contributed by atoms with E-state index >= 15 is 0 Å². The van der Waals surface area contributed by atoms with Crippen LogP contribution in [0.1, 0.15) is 35.3 Å². The van der Waals surface area contributed by atoms with Crippen molar-refractivity contribution in [1.29, 1.82) is 0 Å². The van der Waals surface area contributed by atoms with E-state index in [1.165, 1.54) is 24.6 Å². The number of anilines is 1. The molecule has 1 amide bonds. The Labute approximate surface area is 141 Å². The lowest BCUT2D eigenvalue weighted by Gasteiger charge is -2.14. The molecule has 2 N–H and O–H groups in total. The summed E-state index contributed by atoms with van der Waals surface area (Å²) in [5.41, 5.74) is 2.67. The molecule has 1 atom stereocenters. The largest absolute Gasteiger partial charge is 0.507 e. The third kappa shape index (κ3) is 4.35. The Hall–Kier alpha value is -2.82. The molecule has 5 heteroatoms. The number of carbonyl (C=O) groups is 2. The van der Waals surface area contributed by atoms with Crippen molar-refractivity contribution < 1.29 is 19.4 Å². The molecule has 0 saturated carbocycles. The van der Waals surface area contributed by atoms with Gasteiger partial charge < -0.3 is 15.2 Å². The quantitative estimate of drug-likeness (QED) is 0.825. The topological polar surface area (TPSA) is 75.6 Å². The third-order valence-corrected chi connectivity index (χ3v) is 3.66. The van der Waals surface area contributed by atoms with Gasteiger partial charge in [-0.25, -0.2) is 4.79 Å². The summed E-state index contributed by atoms with van der Waals surface area (Å²) in [7, 11) is 0. The first-order valence-electron chi connectivity index (χ1n) is 7.81. The molecule has 0 aliphatic carbocycles. The lowest BCUT2D eigenvalue weighted by atomic mass is 10.1. The molecule has 24 heavy (non-hydrogen) atoms. The Morgan fingerprint density at radius 3 is 2.42 bits per heavy atom. The third-order valence-electron chi connectivity index (χ3n) is 3.66. The summed E-state index contributed by atoms with van der Waals surface area (Å²) < 4.78 is 5.13. The van der Waals surface area contributed by atoms with E-state index < -0.39 is 18.0 Å². The van der Waals surface area contributed by atoms with Gasteiger partial charge in [-0.15, -0.1) is 0 Å². The van der Waals surface area contributed by atoms with E-state index in [2.05, 4.69) is 12.2 Å². The summed E-state index contributed by atoms with van der Waals surface area (Å²) in [5, 5.41) is 12.5. The number of aryl methyl sites for hydroxylation is 2. The van der Waals surface area contributed by atoms with Crippen LogP contribution in [0.25, 0.3) is 0 Å². The van der Waals surface area contributed by atoms with Crippen molar-refractivity contribution in [2.45, 2.75) is 33.3 Å². The van der Waals surface area contributed by atoms with Crippen LogP contribution in [0.5, 0.6) is 5.75 Å². The average molecular weight is 327 g/mol. The zero-order valence-corrected chi connectivity index (χ0v) is 14.0. The van der Waals surface area contributed by atoms with Gasteiger partial charge in [0.1, 0.15) is 11.3 Å². The number of esters is 1. The molecule has 5 nitrogen and oxygen atoms in total. The first kappa shape index (κ1) is 17.5. The van der Waals surface area contributed by atoms with Gasteiger partial charge in [-0.05, 0) is 55.7 Å². The summed E-state index contributed by atoms with van der Waals surface area (Å²) >= 11 is 0. The monoisotopic (exact) mass is 327 g/mol. The number of aromatic hydroxyl groups is 1. The fourth-order valence-electron chi connectivity index (χ4n) is 2.16. The normalized spacial score (nSPS) is 11.6. The number of amides is 1. The van der Waals surface area contributed by atoms with Crippen LogP contribution in [-0.4, -0.2) is 23.1 Å². The maximum absolute atomic E-state index is 12.1. The molecule has 2 aromatic carbocycles. The molecule has 0 spiro atoms. The first-order valence-corrected chi connectivity index (χ1v) is 7.81. The summed E-state index contributed by atoms with van der Waals surface area (Å²) in [5.74, 6) is -1.33. The van der Waals surface area contributed by atoms with Gasteiger partial charge in [0.15, 0.2) is 6.10 Å². The standard InChI is InChI=1S/C19H21NO4/c1-4-14-6-8-15(9-7-14)20-18(22)13(3)24-19(23)16-10-5-12(2)11-17(16)21/h5-11,13,21H,4H2,1-3H3,(H,20,22)/t13-/m1/s1. The lowest BCUT2D eigenvalue weighted by Crippen LogP contribution is -2.30. The molecule has 0 aromatic heterocycles. The molecule has 0 bridgehead atoms. The Morgan fingerprint density at radius 2 is 1.83 bits per heavy atom. The van der Waals surface area contributed by atoms with Gasteiger partial charge in [0.25, 0.3) is 5.91 Å². The molecule has 0 saturated heterocycles. The number of hydrogen-bond acceptors (Lipinski definition) is 4. The van der Waals surface area contributed by atoms with Crippen LogP contribution < -0.4 is 5.32 Å². The van der Waals surface area contributed by atoms with E-state index in [-0.39, 0.29) is 11.3 Å². The van der Waals surface area contributed by atoms with Crippen molar-refractivity contribution in [2.75, 3.05) is 5.32 Å². The van der Waals surface area contributed by atoms with Crippen molar-refractivity contribution in [3.05, 3.63) is 59.2 Å². The molecule has 0 fully saturated rings. The van der Waals surface area contributed by atoms with Crippen LogP contribution in [0.4, 0.5) is 5.69 Å². The molecule has 2 rings (SSSR count). The average Bonchev–Trinajstić information content (AvgIpc) is 2.55. The molecule has 2 aromatic rings. The second-order valence-electron chi connectivity index (χ2n) is 5.61. The number of hydrogen-bond donors (Lipinski definition) is 2. The highest BCUT2D eigenvalue weighted by Gasteiger charge is 2.21. The predicted octanol–water partition coefficient (Wildman–Crippen LogP) is 3.45. The number of benzene rings is 2. The minimum atomic E-state index is -0.982. The molecule has 0 aliphatic heterocycles. The number of ether oxygens (including phenoxy) is 1. The SMILES string of the molecule is CCc1ccc(NC(=O)[C@@H](C)OC(=O)c2ccc(C)cc2O)cc1. The van der Waals surface area contributed by atoms with Gasteiger partial charge in [0, 0.05) is 5.69 Å². The van der Waals surface area contributed by atoms with Crippen molar-refractivity contribution in [1.82, 2.24) is 0 Å². The number of phenolic OH excluding ortho intramolecular Hbond substituents is 1. The summed E-state index contributed by atoms with van der Waals surface area (Å²) in [4.78, 5) is 24.2. The molecule has 0 radical (unpaired) electrons. The van der Waals surface area contributed by atoms with Gasteiger partial charge in [0.2, 0.25) is 0 Å². The van der Waals surface area contributed by atoms with Crippen molar-refractivity contribution in [2.24, 2.45) is 0 Å². The van der Waals surface area contributed by atoms with Crippen LogP contribution in [0.15, 0.2) is 42.5 Å². The highest BCUT2D eigenvalue weighted by molar-refractivity contribution is 5.98. The maximum Gasteiger partial charge on any atom is 0.342 e. The number of nitrogens with one attached hydrogen (secondary N) is 1. The summed E-state index contributed by atoms with van der Waals surface area (Å²) in [6, 6.07) is 12.1. The molecule has 126 valence electrons. The lowest BCUT2D eigenvalue weighted by molar-refractivity contribution is -0.123. The van der Waals surface area contributed by atoms with Gasteiger partial charge in [-0.3, -0.25) is 4.79 Å². The van der Waals surface area contributed by atoms with E-state index in [4.69, 9.17) is 4.74 Å². The fourth-order valence-corrected chi connectivity index (χ4v) is 2.16. The highest BCUT2D eigenvalue weighted by atomic mass is 16.5. The van der Waals surface area contributed by atoms with E-state index in [0.717, 1.165) is 12.0 Å². The maximum atomic E-state index is 12.1. The van der Waals surface area contributed by atoms with E-state index in [0.29, 0.717) is 5.69 Å². The second-order valence-corrected chi connectivity index (χ2v) is 5.61. The molecule has 0 unspecified atom stereocenters. The summed E-state index contributed by atoms with van der Waals surface area (Å²) in [6.45, 7) is 5.34. The minimum absolute atomic E-state index is 0.0348. The predicted molar refractivity (Wildman–Crippen MR) is 92.2 cm³/mol. The zero-order chi connectivity index (χ0) is 17.7. The molecular weight excluding hydrogens is 306 g/mol. The number of phenols is 1. The molecular formula is C19H21NO4. The Bertz CT molecular complexity index is 738. The smallest absolute Gasteiger partial charge is 0.342 e. The van der Waals surface area contributed by atoms with Crippen LogP contribution in [0.3, 0.4) is 0 Å². The van der Waals surface area contributed by atoms with Gasteiger partial charge >= 0.3 is 5.97 Å². The van der Waals surface area contributed by atoms with E-state index in [1.807, 2.05) is 12.1 Å². The van der Waals surface area contributed by atoms with Crippen LogP contribution in [0.2, 0.25) is 0 Å². The van der Waals surface area contributed by atoms with Crippen LogP contribution >= 0.6 is 0 Å². The first-order chi connectivity index (χ1) is 11.4. The Balaban J connectivity index is 1.98. The summed E-state index contributed by atoms with van der Waals surface area (Å²) in [6.07, 6.45) is -0.0634. The van der Waals surface area contributed by atoms with Crippen molar-refractivity contribution in [3.63, 3.8) is 0 Å². The zero-order valence-electron chi connectivity index (χ0n) is 14.0. The van der Waals surface area contributed by atoms with Crippen LogP contribution in [-0.2, 0) is 16.0 Å². The highest BCUT2D eigenvalue weighted by Crippen LogP contribution is 2.20. The minimum Gasteiger partial charge on any atom is -0.507 e. The van der Waals surface area contributed by atoms with E-state index in [9.17, 15) is 14.7 Å². The molecule has 0 heterocycles. The Morgan fingerprint density at radius 1 is 1.17 bits per heavy atom. The number of carbonyl (C=O) groups excluding carboxylic acids is 2. The Kier molecular flexibility index (Phi) is 5.58. The van der Waals surface area contributed by atoms with Gasteiger partial charge in [0.05, 0.1) is 0 Å². The second kappa shape index (κ2) is 7.64. The number of rotatable bonds is 5. The van der Waals surface area contributed by atoms with Crippen molar-refractivity contribution >= 4 is 17.6 Å². The fraction of sp³-hybridized carbons (Fsp3) is 0.263. The van der Waals surface area contributed by atoms with Gasteiger partial charge in [-0.2, -0.15) is 0 Å². The van der Waals surface area contributed by atoms with Gasteiger partial charge in [-0.1, -0.05) is 25.1 Å². The van der Waals surface area contributed by atoms with Crippen LogP contribution in [0, 0.1) is 6.92 Å². The van der Waals surface area contributed by atoms with Crippen molar-refractivity contribution in [3.8, 4) is 5.75 Å².